The van der Waals surface area contributed by atoms with Crippen molar-refractivity contribution in [2.24, 2.45) is 0 Å². The lowest BCUT2D eigenvalue weighted by molar-refractivity contribution is -0.0355. The third-order valence-electron chi connectivity index (χ3n) is 4.51. The van der Waals surface area contributed by atoms with Gasteiger partial charge in [-0.1, -0.05) is 48.0 Å². The van der Waals surface area contributed by atoms with E-state index in [-0.39, 0.29) is 5.97 Å². The average molecular weight is 309 g/mol. The third-order valence-corrected chi connectivity index (χ3v) is 4.51. The van der Waals surface area contributed by atoms with Crippen LogP contribution in [0.4, 0.5) is 0 Å². The number of cyclic esters (lactones) is 1. The Morgan fingerprint density at radius 2 is 1.87 bits per heavy atom. The number of ether oxygens (including phenoxy) is 1. The van der Waals surface area contributed by atoms with Crippen LogP contribution >= 0.6 is 0 Å². The summed E-state index contributed by atoms with van der Waals surface area (Å²) in [5.41, 5.74) is 3.36. The zero-order chi connectivity index (χ0) is 16.4. The van der Waals surface area contributed by atoms with Gasteiger partial charge in [-0.15, -0.1) is 0 Å². The van der Waals surface area contributed by atoms with Gasteiger partial charge >= 0.3 is 5.97 Å². The molecule has 3 heteroatoms. The van der Waals surface area contributed by atoms with E-state index in [4.69, 9.17) is 4.74 Å². The Bertz CT molecular complexity index is 709. The second kappa shape index (κ2) is 6.17. The Balaban J connectivity index is 2.04. The number of carbonyl (C=O) groups excluding carboxylic acids is 1. The second-order valence-electron chi connectivity index (χ2n) is 6.64. The van der Waals surface area contributed by atoms with Crippen LogP contribution in [-0.2, 0) is 16.8 Å². The van der Waals surface area contributed by atoms with Crippen LogP contribution in [-0.4, -0.2) is 31.5 Å². The highest BCUT2D eigenvalue weighted by atomic mass is 16.6. The van der Waals surface area contributed by atoms with Crippen molar-refractivity contribution >= 4 is 5.97 Å². The fourth-order valence-corrected chi connectivity index (χ4v) is 3.20. The molecule has 0 bridgehead atoms. The van der Waals surface area contributed by atoms with Crippen molar-refractivity contribution in [3.8, 4) is 0 Å². The smallest absolute Gasteiger partial charge is 0.339 e. The fourth-order valence-electron chi connectivity index (χ4n) is 3.20. The first-order valence-corrected chi connectivity index (χ1v) is 8.03. The molecule has 1 heterocycles. The van der Waals surface area contributed by atoms with Gasteiger partial charge < -0.3 is 9.64 Å². The van der Waals surface area contributed by atoms with Crippen LogP contribution in [0.15, 0.2) is 48.5 Å². The zero-order valence-corrected chi connectivity index (χ0v) is 14.0. The minimum Gasteiger partial charge on any atom is -0.450 e. The van der Waals surface area contributed by atoms with Gasteiger partial charge in [0.1, 0.15) is 5.60 Å². The lowest BCUT2D eigenvalue weighted by atomic mass is 9.80. The maximum absolute atomic E-state index is 12.6. The van der Waals surface area contributed by atoms with E-state index in [0.717, 1.165) is 36.1 Å². The molecular formula is C20H23NO2. The van der Waals surface area contributed by atoms with Crippen LogP contribution < -0.4 is 0 Å². The summed E-state index contributed by atoms with van der Waals surface area (Å²) in [4.78, 5) is 14.8. The summed E-state index contributed by atoms with van der Waals surface area (Å²) < 4.78 is 6.03. The highest BCUT2D eigenvalue weighted by Gasteiger charge is 2.41. The van der Waals surface area contributed by atoms with Crippen LogP contribution in [0.25, 0.3) is 0 Å². The lowest BCUT2D eigenvalue weighted by Gasteiger charge is -2.39. The Morgan fingerprint density at radius 3 is 2.57 bits per heavy atom. The van der Waals surface area contributed by atoms with Crippen molar-refractivity contribution in [2.45, 2.75) is 25.4 Å². The van der Waals surface area contributed by atoms with Gasteiger partial charge in [-0.3, -0.25) is 0 Å². The molecule has 0 aromatic heterocycles. The number of carbonyl (C=O) groups is 1. The molecule has 0 fully saturated rings. The van der Waals surface area contributed by atoms with Gasteiger partial charge in [-0.25, -0.2) is 4.79 Å². The first-order chi connectivity index (χ1) is 11.0. The highest BCUT2D eigenvalue weighted by molar-refractivity contribution is 5.93. The van der Waals surface area contributed by atoms with Gasteiger partial charge in [-0.05, 0) is 38.2 Å². The van der Waals surface area contributed by atoms with Gasteiger partial charge in [0, 0.05) is 19.4 Å². The van der Waals surface area contributed by atoms with E-state index in [1.54, 1.807) is 0 Å². The van der Waals surface area contributed by atoms with E-state index >= 15 is 0 Å². The molecule has 0 aliphatic carbocycles. The van der Waals surface area contributed by atoms with Gasteiger partial charge in [-0.2, -0.15) is 0 Å². The summed E-state index contributed by atoms with van der Waals surface area (Å²) in [6.45, 7) is 2.86. The van der Waals surface area contributed by atoms with Crippen LogP contribution in [0.2, 0.25) is 0 Å². The molecule has 120 valence electrons. The molecule has 1 aliphatic rings. The van der Waals surface area contributed by atoms with E-state index in [9.17, 15) is 4.79 Å². The number of nitrogens with zero attached hydrogens (tertiary/aromatic N) is 1. The quantitative estimate of drug-likeness (QED) is 0.809. The maximum atomic E-state index is 12.6. The highest BCUT2D eigenvalue weighted by Crippen LogP contribution is 2.39. The topological polar surface area (TPSA) is 29.5 Å². The molecule has 0 N–H and O–H groups in total. The molecule has 1 atom stereocenters. The Kier molecular flexibility index (Phi) is 4.22. The standard InChI is InChI=1S/C20H23NO2/c1-15-9-10-16-14-20(11-12-21(2)3,17-7-5-4-6-8-17)23-19(22)18(16)13-15/h4-10,13H,11-12,14H2,1-3H3. The van der Waals surface area contributed by atoms with E-state index in [0.29, 0.717) is 5.56 Å². The van der Waals surface area contributed by atoms with Gasteiger partial charge in [0.05, 0.1) is 5.56 Å². The number of rotatable bonds is 4. The van der Waals surface area contributed by atoms with Crippen molar-refractivity contribution in [1.29, 1.82) is 0 Å². The predicted molar refractivity (Wildman–Crippen MR) is 91.6 cm³/mol. The van der Waals surface area contributed by atoms with Crippen LogP contribution in [0.5, 0.6) is 0 Å². The summed E-state index contributed by atoms with van der Waals surface area (Å²) in [6, 6.07) is 16.2. The first kappa shape index (κ1) is 15.8. The molecule has 23 heavy (non-hydrogen) atoms. The minimum atomic E-state index is -0.579. The van der Waals surface area contributed by atoms with E-state index < -0.39 is 5.60 Å². The van der Waals surface area contributed by atoms with E-state index in [1.807, 2.05) is 45.3 Å². The summed E-state index contributed by atoms with van der Waals surface area (Å²) in [7, 11) is 4.08. The van der Waals surface area contributed by atoms with Crippen LogP contribution in [0.3, 0.4) is 0 Å². The molecule has 1 unspecified atom stereocenters. The monoisotopic (exact) mass is 309 g/mol. The van der Waals surface area contributed by atoms with Crippen molar-refractivity contribution in [3.63, 3.8) is 0 Å². The van der Waals surface area contributed by atoms with Crippen molar-refractivity contribution < 1.29 is 9.53 Å². The zero-order valence-electron chi connectivity index (χ0n) is 14.0. The van der Waals surface area contributed by atoms with Gasteiger partial charge in [0.25, 0.3) is 0 Å². The lowest BCUT2D eigenvalue weighted by Crippen LogP contribution is -2.41. The number of fused-ring (bicyclic) bond motifs is 1. The van der Waals surface area contributed by atoms with Crippen molar-refractivity contribution in [1.82, 2.24) is 4.90 Å². The number of hydrogen-bond donors (Lipinski definition) is 0. The summed E-state index contributed by atoms with van der Waals surface area (Å²) in [6.07, 6.45) is 1.51. The number of hydrogen-bond acceptors (Lipinski definition) is 3. The maximum Gasteiger partial charge on any atom is 0.339 e. The van der Waals surface area contributed by atoms with Crippen molar-refractivity contribution in [3.05, 3.63) is 70.8 Å². The largest absolute Gasteiger partial charge is 0.450 e. The third kappa shape index (κ3) is 3.15. The molecular weight excluding hydrogens is 286 g/mol. The normalized spacial score (nSPS) is 20.3. The first-order valence-electron chi connectivity index (χ1n) is 8.03. The van der Waals surface area contributed by atoms with E-state index in [1.165, 1.54) is 0 Å². The SMILES string of the molecule is Cc1ccc2c(c1)C(=O)OC(CCN(C)C)(c1ccccc1)C2. The van der Waals surface area contributed by atoms with Gasteiger partial charge in [0.15, 0.2) is 0 Å². The number of esters is 1. The second-order valence-corrected chi connectivity index (χ2v) is 6.64. The van der Waals surface area contributed by atoms with E-state index in [2.05, 4.69) is 29.2 Å². The number of benzene rings is 2. The predicted octanol–water partition coefficient (Wildman–Crippen LogP) is 3.56. The summed E-state index contributed by atoms with van der Waals surface area (Å²) in [5, 5.41) is 0. The fraction of sp³-hybridized carbons (Fsp3) is 0.350. The Hall–Kier alpha value is -2.13. The summed E-state index contributed by atoms with van der Waals surface area (Å²) in [5.74, 6) is -0.211. The molecule has 0 amide bonds. The minimum absolute atomic E-state index is 0.211. The van der Waals surface area contributed by atoms with Crippen LogP contribution in [0, 0.1) is 6.92 Å². The Morgan fingerprint density at radius 1 is 1.13 bits per heavy atom. The molecule has 0 radical (unpaired) electrons. The number of aryl methyl sites for hydroxylation is 1. The molecule has 0 saturated heterocycles. The molecule has 0 saturated carbocycles. The molecule has 1 aliphatic heterocycles. The average Bonchev–Trinajstić information content (AvgIpc) is 2.54. The van der Waals surface area contributed by atoms with Gasteiger partial charge in [0.2, 0.25) is 0 Å². The molecule has 2 aromatic rings. The molecule has 0 spiro atoms. The summed E-state index contributed by atoms with van der Waals surface area (Å²) >= 11 is 0. The molecule has 3 nitrogen and oxygen atoms in total. The molecule has 2 aromatic carbocycles. The van der Waals surface area contributed by atoms with Crippen LogP contribution in [0.1, 0.15) is 33.5 Å². The molecule has 3 rings (SSSR count). The van der Waals surface area contributed by atoms with Crippen molar-refractivity contribution in [2.75, 3.05) is 20.6 Å². The Labute approximate surface area is 137 Å².